The van der Waals surface area contributed by atoms with E-state index in [0.29, 0.717) is 51.5 Å². The van der Waals surface area contributed by atoms with Gasteiger partial charge in [-0.3, -0.25) is 14.5 Å². The molecule has 0 aromatic heterocycles. The van der Waals surface area contributed by atoms with E-state index in [2.05, 4.69) is 20.9 Å². The maximum absolute atomic E-state index is 14.0. The number of halogens is 4. The van der Waals surface area contributed by atoms with Gasteiger partial charge in [0, 0.05) is 89.4 Å². The summed E-state index contributed by atoms with van der Waals surface area (Å²) in [7, 11) is 1.36. The minimum absolute atomic E-state index is 0.0720. The molecular formula is C34H42ClF3N6O4. The number of rotatable bonds is 6. The van der Waals surface area contributed by atoms with Crippen LogP contribution in [-0.2, 0) is 32.3 Å². The second kappa shape index (κ2) is 14.1. The van der Waals surface area contributed by atoms with E-state index in [9.17, 15) is 27.6 Å². The molecule has 10 nitrogen and oxygen atoms in total. The number of hydrogen-bond donors (Lipinski definition) is 3. The molecule has 0 bridgehead atoms. The molecule has 3 amide bonds. The van der Waals surface area contributed by atoms with Crippen molar-refractivity contribution in [2.45, 2.75) is 62.3 Å². The highest BCUT2D eigenvalue weighted by molar-refractivity contribution is 6.33. The van der Waals surface area contributed by atoms with E-state index in [1.807, 2.05) is 24.3 Å². The summed E-state index contributed by atoms with van der Waals surface area (Å²) in [6.07, 6.45) is -4.12. The maximum atomic E-state index is 14.0. The molecule has 260 valence electrons. The van der Waals surface area contributed by atoms with Gasteiger partial charge < -0.3 is 30.5 Å². The Hall–Kier alpha value is -3.55. The molecule has 3 fully saturated rings. The lowest BCUT2D eigenvalue weighted by Crippen LogP contribution is -2.54. The Morgan fingerprint density at radius 3 is 2.40 bits per heavy atom. The summed E-state index contributed by atoms with van der Waals surface area (Å²) in [6, 6.07) is 10.3. The number of piperazine rings is 1. The fraction of sp³-hybridized carbons (Fsp3) is 0.559. The van der Waals surface area contributed by atoms with Crippen molar-refractivity contribution in [1.82, 2.24) is 20.0 Å². The zero-order chi connectivity index (χ0) is 34.1. The first-order chi connectivity index (χ1) is 23.0. The monoisotopic (exact) mass is 690 g/mol. The molecule has 4 aliphatic rings. The van der Waals surface area contributed by atoms with E-state index >= 15 is 0 Å². The highest BCUT2D eigenvalue weighted by atomic mass is 35.5. The van der Waals surface area contributed by atoms with Gasteiger partial charge in [-0.05, 0) is 55.0 Å². The number of nitrogens with zero attached hydrogens (tertiary/aromatic N) is 3. The number of piperidine rings is 2. The number of carbonyl (C=O) groups excluding carboxylic acids is 3. The number of alkyl halides is 3. The number of ether oxygens (including phenoxy) is 1. The summed E-state index contributed by atoms with van der Waals surface area (Å²) in [5, 5.41) is 8.65. The first-order valence-corrected chi connectivity index (χ1v) is 17.0. The molecule has 1 spiro atoms. The first kappa shape index (κ1) is 34.3. The highest BCUT2D eigenvalue weighted by Crippen LogP contribution is 2.45. The molecule has 0 aliphatic carbocycles. The number of fused-ring (bicyclic) bond motifs is 2. The van der Waals surface area contributed by atoms with Gasteiger partial charge in [0.15, 0.2) is 6.10 Å². The Morgan fingerprint density at radius 2 is 1.73 bits per heavy atom. The molecule has 3 saturated heterocycles. The van der Waals surface area contributed by atoms with E-state index in [4.69, 9.17) is 16.3 Å². The molecule has 0 radical (unpaired) electrons. The number of amides is 3. The molecule has 4 heterocycles. The maximum Gasteiger partial charge on any atom is 0.418 e. The number of para-hydroxylation sites is 1. The van der Waals surface area contributed by atoms with Crippen LogP contribution in [0.15, 0.2) is 36.4 Å². The molecule has 1 atom stereocenters. The summed E-state index contributed by atoms with van der Waals surface area (Å²) < 4.78 is 47.9. The van der Waals surface area contributed by atoms with Crippen LogP contribution >= 0.6 is 11.6 Å². The third-order valence-corrected chi connectivity index (χ3v) is 10.6. The average molecular weight is 691 g/mol. The van der Waals surface area contributed by atoms with Crippen molar-refractivity contribution >= 4 is 40.9 Å². The Morgan fingerprint density at radius 1 is 1.04 bits per heavy atom. The molecule has 6 rings (SSSR count). The summed E-state index contributed by atoms with van der Waals surface area (Å²) in [5.74, 6) is -0.506. The molecule has 2 aromatic rings. The first-order valence-electron chi connectivity index (χ1n) is 16.6. The topological polar surface area (TPSA) is 106 Å². The number of anilines is 2. The Kier molecular flexibility index (Phi) is 10.1. The molecule has 0 unspecified atom stereocenters. The van der Waals surface area contributed by atoms with Crippen molar-refractivity contribution in [3.05, 3.63) is 58.1 Å². The SMILES string of the molecule is CNc1c(Cl)cc(C[C@@H](OC(=O)N2CCC3(CC2)CC(=O)Nc2ccccc23)C(=O)N2CCC(N3CCNCC3)CC2)cc1C(F)(F)F. The van der Waals surface area contributed by atoms with Crippen molar-refractivity contribution < 1.29 is 32.3 Å². The summed E-state index contributed by atoms with van der Waals surface area (Å²) >= 11 is 6.28. The van der Waals surface area contributed by atoms with Crippen LogP contribution in [0.4, 0.5) is 29.3 Å². The lowest BCUT2D eigenvalue weighted by atomic mass is 9.68. The number of nitrogens with one attached hydrogen (secondary N) is 3. The second-order valence-corrected chi connectivity index (χ2v) is 13.6. The Balaban J connectivity index is 1.19. The van der Waals surface area contributed by atoms with Crippen molar-refractivity contribution in [3.63, 3.8) is 0 Å². The average Bonchev–Trinajstić information content (AvgIpc) is 3.07. The van der Waals surface area contributed by atoms with Crippen LogP contribution in [0.25, 0.3) is 0 Å². The highest BCUT2D eigenvalue weighted by Gasteiger charge is 2.44. The molecule has 0 saturated carbocycles. The summed E-state index contributed by atoms with van der Waals surface area (Å²) in [6.45, 7) is 5.25. The van der Waals surface area contributed by atoms with E-state index in [1.54, 1.807) is 4.90 Å². The van der Waals surface area contributed by atoms with Crippen molar-refractivity contribution in [2.24, 2.45) is 0 Å². The quantitative estimate of drug-likeness (QED) is 0.403. The molecule has 4 aliphatic heterocycles. The van der Waals surface area contributed by atoms with E-state index < -0.39 is 35.3 Å². The largest absolute Gasteiger partial charge is 0.436 e. The van der Waals surface area contributed by atoms with Gasteiger partial charge in [-0.15, -0.1) is 0 Å². The predicted octanol–water partition coefficient (Wildman–Crippen LogP) is 4.72. The number of hydrogen-bond acceptors (Lipinski definition) is 7. The Bertz CT molecular complexity index is 1520. The van der Waals surface area contributed by atoms with Gasteiger partial charge in [0.2, 0.25) is 5.91 Å². The van der Waals surface area contributed by atoms with Gasteiger partial charge in [-0.25, -0.2) is 4.79 Å². The standard InChI is InChI=1S/C34H42ClF3N6O4/c1-39-30-25(34(36,37)38)18-22(19-26(30)35)20-28(31(46)43-12-6-23(7-13-43)42-16-10-40-11-17-42)48-32(47)44-14-8-33(9-15-44)21-29(45)41-27-5-3-2-4-24(27)33/h2-5,18-19,23,28,39-40H,6-17,20-21H2,1H3,(H,41,45)/t28-/m1/s1. The van der Waals surface area contributed by atoms with Gasteiger partial charge in [-0.1, -0.05) is 29.8 Å². The van der Waals surface area contributed by atoms with Gasteiger partial charge in [-0.2, -0.15) is 13.2 Å². The molecule has 2 aromatic carbocycles. The third-order valence-electron chi connectivity index (χ3n) is 10.3. The Labute approximate surface area is 283 Å². The minimum atomic E-state index is -4.70. The predicted molar refractivity (Wildman–Crippen MR) is 176 cm³/mol. The number of benzene rings is 2. The molecule has 14 heteroatoms. The van der Waals surface area contributed by atoms with E-state index in [1.165, 1.54) is 18.0 Å². The zero-order valence-corrected chi connectivity index (χ0v) is 27.8. The van der Waals surface area contributed by atoms with Crippen LogP contribution in [0, 0.1) is 0 Å². The zero-order valence-electron chi connectivity index (χ0n) is 27.0. The van der Waals surface area contributed by atoms with Crippen LogP contribution in [0.5, 0.6) is 0 Å². The normalized spacial score (nSPS) is 21.0. The minimum Gasteiger partial charge on any atom is -0.436 e. The van der Waals surface area contributed by atoms with Crippen molar-refractivity contribution in [3.8, 4) is 0 Å². The van der Waals surface area contributed by atoms with Crippen LogP contribution < -0.4 is 16.0 Å². The smallest absolute Gasteiger partial charge is 0.418 e. The number of carbonyl (C=O) groups is 3. The molecule has 48 heavy (non-hydrogen) atoms. The van der Waals surface area contributed by atoms with E-state index in [0.717, 1.165) is 56.3 Å². The van der Waals surface area contributed by atoms with Crippen LogP contribution in [0.3, 0.4) is 0 Å². The van der Waals surface area contributed by atoms with Crippen molar-refractivity contribution in [2.75, 3.05) is 70.0 Å². The van der Waals surface area contributed by atoms with Crippen LogP contribution in [-0.4, -0.2) is 104 Å². The molecular weight excluding hydrogens is 649 g/mol. The fourth-order valence-corrected chi connectivity index (χ4v) is 8.10. The second-order valence-electron chi connectivity index (χ2n) is 13.2. The lowest BCUT2D eigenvalue weighted by Gasteiger charge is -2.44. The van der Waals surface area contributed by atoms with Crippen molar-refractivity contribution in [1.29, 1.82) is 0 Å². The van der Waals surface area contributed by atoms with Crippen LogP contribution in [0.2, 0.25) is 5.02 Å². The fourth-order valence-electron chi connectivity index (χ4n) is 7.77. The van der Waals surface area contributed by atoms with Gasteiger partial charge in [0.25, 0.3) is 5.91 Å². The van der Waals surface area contributed by atoms with Gasteiger partial charge >= 0.3 is 12.3 Å². The van der Waals surface area contributed by atoms with Gasteiger partial charge in [0.05, 0.1) is 16.3 Å². The summed E-state index contributed by atoms with van der Waals surface area (Å²) in [4.78, 5) is 45.8. The lowest BCUT2D eigenvalue weighted by molar-refractivity contribution is -0.142. The third kappa shape index (κ3) is 7.23. The summed E-state index contributed by atoms with van der Waals surface area (Å²) in [5.41, 5.74) is 0.313. The van der Waals surface area contributed by atoms with Crippen LogP contribution in [0.1, 0.15) is 48.8 Å². The molecule has 3 N–H and O–H groups in total. The van der Waals surface area contributed by atoms with Gasteiger partial charge in [0.1, 0.15) is 0 Å². The van der Waals surface area contributed by atoms with E-state index in [-0.39, 0.29) is 28.6 Å². The number of likely N-dealkylation sites (tertiary alicyclic amines) is 2.